The number of allylic oxidation sites excluding steroid dienone is 1. The average molecular weight is 494 g/mol. The summed E-state index contributed by atoms with van der Waals surface area (Å²) in [7, 11) is 0. The van der Waals surface area contributed by atoms with Gasteiger partial charge in [0.15, 0.2) is 5.78 Å². The van der Waals surface area contributed by atoms with E-state index in [9.17, 15) is 14.0 Å². The third-order valence-corrected chi connectivity index (χ3v) is 7.35. The molecule has 0 aromatic heterocycles. The van der Waals surface area contributed by atoms with Crippen LogP contribution in [0.1, 0.15) is 38.3 Å². The van der Waals surface area contributed by atoms with Crippen molar-refractivity contribution in [1.82, 2.24) is 5.32 Å². The van der Waals surface area contributed by atoms with Crippen LogP contribution in [0.25, 0.3) is 16.7 Å². The molecule has 0 bridgehead atoms. The molecular weight excluding hydrogens is 469 g/mol. The summed E-state index contributed by atoms with van der Waals surface area (Å²) in [6.07, 6.45) is 0.835. The van der Waals surface area contributed by atoms with Crippen molar-refractivity contribution in [3.8, 4) is 11.1 Å². The van der Waals surface area contributed by atoms with Gasteiger partial charge in [0.05, 0.1) is 0 Å². The minimum absolute atomic E-state index is 0.110. The van der Waals surface area contributed by atoms with Gasteiger partial charge in [0.25, 0.3) is 5.91 Å². The highest BCUT2D eigenvalue weighted by molar-refractivity contribution is 7.99. The predicted molar refractivity (Wildman–Crippen MR) is 143 cm³/mol. The van der Waals surface area contributed by atoms with Crippen molar-refractivity contribution in [2.45, 2.75) is 22.6 Å². The Balaban J connectivity index is 1.26. The number of benzene rings is 4. The van der Waals surface area contributed by atoms with Gasteiger partial charge in [0.1, 0.15) is 5.82 Å². The maximum absolute atomic E-state index is 13.8. The van der Waals surface area contributed by atoms with Crippen molar-refractivity contribution >= 4 is 29.0 Å². The number of fused-ring (bicyclic) bond motifs is 2. The molecule has 0 spiro atoms. The minimum Gasteiger partial charge on any atom is -0.352 e. The highest BCUT2D eigenvalue weighted by Gasteiger charge is 2.22. The van der Waals surface area contributed by atoms with Gasteiger partial charge in [-0.15, -0.1) is 0 Å². The lowest BCUT2D eigenvalue weighted by Gasteiger charge is -2.18. The summed E-state index contributed by atoms with van der Waals surface area (Å²) in [4.78, 5) is 27.0. The van der Waals surface area contributed by atoms with E-state index in [1.807, 2.05) is 24.3 Å². The Morgan fingerprint density at radius 1 is 0.861 bits per heavy atom. The first-order chi connectivity index (χ1) is 17.5. The predicted octanol–water partition coefficient (Wildman–Crippen LogP) is 7.22. The lowest BCUT2D eigenvalue weighted by atomic mass is 9.96. The molecule has 1 aliphatic rings. The number of carbonyl (C=O) groups is 2. The second-order valence-corrected chi connectivity index (χ2v) is 9.81. The molecule has 4 aromatic rings. The first kappa shape index (κ1) is 23.8. The molecule has 178 valence electrons. The molecule has 1 heterocycles. The summed E-state index contributed by atoms with van der Waals surface area (Å²) >= 11 is 1.32. The smallest absolute Gasteiger partial charge is 0.251 e. The van der Waals surface area contributed by atoms with Crippen LogP contribution >= 0.6 is 11.8 Å². The molecule has 0 fully saturated rings. The fraction of sp³-hybridized carbons (Fsp3) is 0.0968. The van der Waals surface area contributed by atoms with Crippen LogP contribution in [-0.2, 0) is 6.42 Å². The van der Waals surface area contributed by atoms with Crippen molar-refractivity contribution in [3.63, 3.8) is 0 Å². The van der Waals surface area contributed by atoms with E-state index in [1.54, 1.807) is 12.1 Å². The van der Waals surface area contributed by atoms with E-state index in [0.717, 1.165) is 21.6 Å². The number of carbonyl (C=O) groups excluding carboxylic acids is 2. The Bertz CT molecular complexity index is 1460. The van der Waals surface area contributed by atoms with Crippen molar-refractivity contribution in [3.05, 3.63) is 126 Å². The molecular formula is C31H24FNO2S. The Hall–Kier alpha value is -3.96. The molecule has 0 radical (unpaired) electrons. The van der Waals surface area contributed by atoms with E-state index in [1.165, 1.54) is 35.5 Å². The van der Waals surface area contributed by atoms with E-state index in [-0.39, 0.29) is 23.9 Å². The van der Waals surface area contributed by atoms with Crippen LogP contribution in [0.4, 0.5) is 4.39 Å². The van der Waals surface area contributed by atoms with E-state index in [4.69, 9.17) is 0 Å². The molecule has 5 heteroatoms. The normalized spacial score (nSPS) is 12.8. The van der Waals surface area contributed by atoms with Gasteiger partial charge in [0, 0.05) is 33.9 Å². The van der Waals surface area contributed by atoms with Crippen LogP contribution in [0.3, 0.4) is 0 Å². The van der Waals surface area contributed by atoms with Crippen molar-refractivity contribution in [2.75, 3.05) is 6.54 Å². The van der Waals surface area contributed by atoms with Crippen molar-refractivity contribution < 1.29 is 14.0 Å². The van der Waals surface area contributed by atoms with Crippen LogP contribution in [-0.4, -0.2) is 18.2 Å². The monoisotopic (exact) mass is 493 g/mol. The fourth-order valence-electron chi connectivity index (χ4n) is 4.27. The van der Waals surface area contributed by atoms with Crippen molar-refractivity contribution in [1.29, 1.82) is 0 Å². The maximum Gasteiger partial charge on any atom is 0.251 e. The van der Waals surface area contributed by atoms with E-state index < -0.39 is 0 Å². The maximum atomic E-state index is 13.8. The van der Waals surface area contributed by atoms with Crippen LogP contribution < -0.4 is 5.32 Å². The standard InChI is InChI=1S/C31H24FNO2S/c1-20-17-28(34)26-13-12-25(32)19-30(26)36-29-14-11-24(18-27(20)29)31(35)33-16-15-21-7-9-23(10-8-21)22-5-3-2-4-6-22/h2-14,18-19H,1,15-17H2,(H,33,35). The molecule has 4 aromatic carbocycles. The van der Waals surface area contributed by atoms with E-state index in [0.29, 0.717) is 34.6 Å². The summed E-state index contributed by atoms with van der Waals surface area (Å²) in [5, 5.41) is 2.98. The zero-order valence-electron chi connectivity index (χ0n) is 19.6. The molecule has 1 aliphatic heterocycles. The zero-order chi connectivity index (χ0) is 25.1. The Labute approximate surface area is 214 Å². The molecule has 0 saturated heterocycles. The van der Waals surface area contributed by atoms with Gasteiger partial charge in [-0.2, -0.15) is 0 Å². The lowest BCUT2D eigenvalue weighted by molar-refractivity contribution is 0.0953. The Morgan fingerprint density at radius 3 is 2.39 bits per heavy atom. The highest BCUT2D eigenvalue weighted by Crippen LogP contribution is 2.40. The van der Waals surface area contributed by atoms with E-state index >= 15 is 0 Å². The lowest BCUT2D eigenvalue weighted by Crippen LogP contribution is -2.25. The number of amides is 1. The molecule has 5 rings (SSSR count). The third kappa shape index (κ3) is 5.16. The molecule has 0 aliphatic carbocycles. The Kier molecular flexibility index (Phi) is 6.83. The molecule has 1 amide bonds. The summed E-state index contributed by atoms with van der Waals surface area (Å²) in [5.41, 5.74) is 5.85. The SMILES string of the molecule is C=C1CC(=O)c2ccc(F)cc2Sc2ccc(C(=O)NCCc3ccc(-c4ccccc4)cc3)cc21. The number of halogens is 1. The topological polar surface area (TPSA) is 46.2 Å². The second-order valence-electron chi connectivity index (χ2n) is 8.73. The Morgan fingerprint density at radius 2 is 1.61 bits per heavy atom. The number of nitrogens with one attached hydrogen (secondary N) is 1. The van der Waals surface area contributed by atoms with Crippen LogP contribution in [0.2, 0.25) is 0 Å². The molecule has 3 nitrogen and oxygen atoms in total. The van der Waals surface area contributed by atoms with Crippen molar-refractivity contribution in [2.24, 2.45) is 0 Å². The first-order valence-electron chi connectivity index (χ1n) is 11.7. The highest BCUT2D eigenvalue weighted by atomic mass is 32.2. The quantitative estimate of drug-likeness (QED) is 0.319. The number of rotatable bonds is 5. The van der Waals surface area contributed by atoms with Crippen LogP contribution in [0.15, 0.2) is 107 Å². The summed E-state index contributed by atoms with van der Waals surface area (Å²) in [6.45, 7) is 4.59. The van der Waals surface area contributed by atoms with Crippen LogP contribution in [0, 0.1) is 5.82 Å². The van der Waals surface area contributed by atoms with Gasteiger partial charge in [-0.05, 0) is 70.6 Å². The second kappa shape index (κ2) is 10.3. The van der Waals surface area contributed by atoms with Gasteiger partial charge >= 0.3 is 0 Å². The largest absolute Gasteiger partial charge is 0.352 e. The molecule has 0 unspecified atom stereocenters. The van der Waals surface area contributed by atoms with E-state index in [2.05, 4.69) is 48.3 Å². The van der Waals surface area contributed by atoms with Gasteiger partial charge in [-0.25, -0.2) is 4.39 Å². The fourth-order valence-corrected chi connectivity index (χ4v) is 5.42. The van der Waals surface area contributed by atoms with Gasteiger partial charge in [-0.1, -0.05) is 72.9 Å². The third-order valence-electron chi connectivity index (χ3n) is 6.22. The van der Waals surface area contributed by atoms with Crippen LogP contribution in [0.5, 0.6) is 0 Å². The minimum atomic E-state index is -0.388. The van der Waals surface area contributed by atoms with Gasteiger partial charge in [0.2, 0.25) is 0 Å². The summed E-state index contributed by atoms with van der Waals surface area (Å²) in [6, 6.07) is 28.1. The summed E-state index contributed by atoms with van der Waals surface area (Å²) < 4.78 is 13.8. The molecule has 1 N–H and O–H groups in total. The van der Waals surface area contributed by atoms with Gasteiger partial charge in [-0.3, -0.25) is 9.59 Å². The number of hydrogen-bond donors (Lipinski definition) is 1. The zero-order valence-corrected chi connectivity index (χ0v) is 20.4. The number of hydrogen-bond acceptors (Lipinski definition) is 3. The van der Waals surface area contributed by atoms with Gasteiger partial charge < -0.3 is 5.32 Å². The molecule has 0 saturated carbocycles. The number of Topliss-reactive ketones (excluding diaryl/α,β-unsaturated/α-hetero) is 1. The first-order valence-corrected chi connectivity index (χ1v) is 12.5. The number of ketones is 1. The average Bonchev–Trinajstić information content (AvgIpc) is 2.89. The molecule has 36 heavy (non-hydrogen) atoms. The molecule has 0 atom stereocenters. The summed E-state index contributed by atoms with van der Waals surface area (Å²) in [5.74, 6) is -0.682.